The van der Waals surface area contributed by atoms with Crippen LogP contribution in [-0.4, -0.2) is 5.16 Å². The van der Waals surface area contributed by atoms with Gasteiger partial charge in [-0.2, -0.15) is 0 Å². The fourth-order valence-corrected chi connectivity index (χ4v) is 0. The molecule has 0 saturated carbocycles. The maximum absolute atomic E-state index is 9.98. The van der Waals surface area contributed by atoms with E-state index in [9.17, 15) is 4.57 Å². The first kappa shape index (κ1) is 6.10. The average Bonchev–Trinajstić information content (AvgIpc) is 1.35. The van der Waals surface area contributed by atoms with E-state index in [0.717, 1.165) is 0 Å². The zero-order chi connectivity index (χ0) is 5.21. The number of rotatable bonds is 0. The molecule has 0 radical (unpaired) electrons. The first-order valence-electron chi connectivity index (χ1n) is 1.95. The topological polar surface area (TPSA) is 17.1 Å². The minimum absolute atomic E-state index is 0.0139. The summed E-state index contributed by atoms with van der Waals surface area (Å²) in [5.74, 6) is 0. The van der Waals surface area contributed by atoms with E-state index in [1.807, 2.05) is 20.8 Å². The second-order valence-electron chi connectivity index (χ2n) is 2.35. The van der Waals surface area contributed by atoms with Gasteiger partial charge in [-0.05, 0) is 20.8 Å². The Kier molecular flexibility index (Phi) is 1.73. The number of hydrogen-bond acceptors (Lipinski definition) is 1. The van der Waals surface area contributed by atoms with E-state index in [2.05, 4.69) is 0 Å². The van der Waals surface area contributed by atoms with Gasteiger partial charge in [-0.25, -0.2) is 0 Å². The highest BCUT2D eigenvalue weighted by Crippen LogP contribution is 2.18. The Bertz CT molecular complexity index is 53.1. The predicted molar refractivity (Wildman–Crippen MR) is 28.8 cm³/mol. The van der Waals surface area contributed by atoms with E-state index in [4.69, 9.17) is 0 Å². The zero-order valence-corrected chi connectivity index (χ0v) is 5.41. The molecular weight excluding hydrogens is 95.0 g/mol. The van der Waals surface area contributed by atoms with E-state index < -0.39 is 0 Å². The Morgan fingerprint density at radius 1 is 1.33 bits per heavy atom. The molecule has 36 valence electrons. The van der Waals surface area contributed by atoms with Crippen LogP contribution in [0.4, 0.5) is 0 Å². The van der Waals surface area contributed by atoms with E-state index in [0.29, 0.717) is 0 Å². The summed E-state index contributed by atoms with van der Waals surface area (Å²) in [4.78, 5) is 0. The lowest BCUT2D eigenvalue weighted by molar-refractivity contribution is 0.579. The van der Waals surface area contributed by atoms with Crippen LogP contribution in [0.25, 0.3) is 0 Å². The van der Waals surface area contributed by atoms with Crippen LogP contribution in [-0.2, 0) is 4.57 Å². The minimum Gasteiger partial charge on any atom is -0.0769 e. The highest BCUT2D eigenvalue weighted by Gasteiger charge is 2.16. The summed E-state index contributed by atoms with van der Waals surface area (Å²) in [6.45, 7) is 5.83. The molecule has 0 rings (SSSR count). The van der Waals surface area contributed by atoms with E-state index >= 15 is 0 Å². The molecule has 0 spiro atoms. The van der Waals surface area contributed by atoms with Crippen molar-refractivity contribution in [2.24, 2.45) is 0 Å². The van der Waals surface area contributed by atoms with Gasteiger partial charge in [-0.15, -0.1) is 0 Å². The SMILES string of the molecule is CC(C)(C)[PH+]=O. The normalized spacial score (nSPS) is 12.5. The van der Waals surface area contributed by atoms with Crippen molar-refractivity contribution in [2.75, 3.05) is 0 Å². The lowest BCUT2D eigenvalue weighted by atomic mass is 10.3. The van der Waals surface area contributed by atoms with Crippen molar-refractivity contribution in [3.05, 3.63) is 0 Å². The summed E-state index contributed by atoms with van der Waals surface area (Å²) in [5, 5.41) is 0.0139. The maximum atomic E-state index is 9.98. The summed E-state index contributed by atoms with van der Waals surface area (Å²) in [7, 11) is -0.183. The largest absolute Gasteiger partial charge is 0.330 e. The molecule has 2 heteroatoms. The molecule has 0 aromatic heterocycles. The Balaban J connectivity index is 3.45. The summed E-state index contributed by atoms with van der Waals surface area (Å²) < 4.78 is 9.98. The van der Waals surface area contributed by atoms with Crippen molar-refractivity contribution in [2.45, 2.75) is 25.9 Å². The van der Waals surface area contributed by atoms with Gasteiger partial charge in [0.1, 0.15) is 0 Å². The van der Waals surface area contributed by atoms with Crippen LogP contribution in [0.15, 0.2) is 0 Å². The Morgan fingerprint density at radius 3 is 1.50 bits per heavy atom. The van der Waals surface area contributed by atoms with Crippen molar-refractivity contribution in [3.63, 3.8) is 0 Å². The van der Waals surface area contributed by atoms with Crippen molar-refractivity contribution in [1.82, 2.24) is 0 Å². The molecule has 1 unspecified atom stereocenters. The molecule has 0 amide bonds. The van der Waals surface area contributed by atoms with Crippen LogP contribution >= 0.6 is 8.46 Å². The summed E-state index contributed by atoms with van der Waals surface area (Å²) in [6.07, 6.45) is 0. The third kappa shape index (κ3) is 4.10. The van der Waals surface area contributed by atoms with Gasteiger partial charge < -0.3 is 0 Å². The lowest BCUT2D eigenvalue weighted by Gasteiger charge is -1.92. The molecule has 0 aromatic rings. The van der Waals surface area contributed by atoms with Crippen molar-refractivity contribution in [1.29, 1.82) is 0 Å². The van der Waals surface area contributed by atoms with Gasteiger partial charge in [0.25, 0.3) is 0 Å². The van der Waals surface area contributed by atoms with Crippen molar-refractivity contribution < 1.29 is 4.57 Å². The fraction of sp³-hybridized carbons (Fsp3) is 1.00. The second-order valence-corrected chi connectivity index (χ2v) is 4.06. The van der Waals surface area contributed by atoms with Gasteiger partial charge in [0, 0.05) is 0 Å². The molecule has 0 saturated heterocycles. The van der Waals surface area contributed by atoms with Gasteiger partial charge in [0.15, 0.2) is 5.16 Å². The summed E-state index contributed by atoms with van der Waals surface area (Å²) in [6, 6.07) is 0. The molecule has 6 heavy (non-hydrogen) atoms. The van der Waals surface area contributed by atoms with E-state index in [-0.39, 0.29) is 13.6 Å². The summed E-state index contributed by atoms with van der Waals surface area (Å²) >= 11 is 0. The standard InChI is InChI=1S/C4H9OP/c1-4(2,3)6-5/h1-3H3/p+1. The highest BCUT2D eigenvalue weighted by atomic mass is 31.1. The first-order valence-corrected chi connectivity index (χ1v) is 2.86. The molecule has 1 nitrogen and oxygen atoms in total. The zero-order valence-electron chi connectivity index (χ0n) is 4.41. The Labute approximate surface area is 40.0 Å². The molecule has 1 atom stereocenters. The van der Waals surface area contributed by atoms with Crippen molar-refractivity contribution >= 4 is 8.46 Å². The lowest BCUT2D eigenvalue weighted by Crippen LogP contribution is -1.99. The second kappa shape index (κ2) is 1.70. The van der Waals surface area contributed by atoms with E-state index in [1.54, 1.807) is 0 Å². The van der Waals surface area contributed by atoms with Crippen LogP contribution in [0, 0.1) is 0 Å². The first-order chi connectivity index (χ1) is 2.56. The third-order valence-electron chi connectivity index (χ3n) is 0.306. The fourth-order valence-electron chi connectivity index (χ4n) is 0. The summed E-state index contributed by atoms with van der Waals surface area (Å²) in [5.41, 5.74) is 0. The van der Waals surface area contributed by atoms with Crippen molar-refractivity contribution in [3.8, 4) is 0 Å². The molecule has 0 aliphatic heterocycles. The van der Waals surface area contributed by atoms with Crippen LogP contribution in [0.2, 0.25) is 0 Å². The molecule has 0 aromatic carbocycles. The molecule has 0 heterocycles. The molecular formula is C4H10OP+. The molecule has 0 bridgehead atoms. The van der Waals surface area contributed by atoms with Crippen LogP contribution < -0.4 is 0 Å². The predicted octanol–water partition coefficient (Wildman–Crippen LogP) is 1.81. The monoisotopic (exact) mass is 105 g/mol. The average molecular weight is 105 g/mol. The van der Waals surface area contributed by atoms with Gasteiger partial charge in [0.2, 0.25) is 0 Å². The van der Waals surface area contributed by atoms with Crippen LogP contribution in [0.5, 0.6) is 0 Å². The minimum atomic E-state index is -0.183. The number of hydrogen-bond donors (Lipinski definition) is 0. The smallest absolute Gasteiger partial charge is 0.0769 e. The van der Waals surface area contributed by atoms with Gasteiger partial charge in [-0.3, -0.25) is 0 Å². The van der Waals surface area contributed by atoms with Gasteiger partial charge >= 0.3 is 8.46 Å². The Morgan fingerprint density at radius 2 is 1.50 bits per heavy atom. The quantitative estimate of drug-likeness (QED) is 0.429. The van der Waals surface area contributed by atoms with Crippen LogP contribution in [0.1, 0.15) is 20.8 Å². The molecule has 0 aliphatic rings. The van der Waals surface area contributed by atoms with Gasteiger partial charge in [-0.1, -0.05) is 4.57 Å². The maximum Gasteiger partial charge on any atom is 0.330 e. The molecule has 0 aliphatic carbocycles. The van der Waals surface area contributed by atoms with E-state index in [1.165, 1.54) is 0 Å². The molecule has 0 fully saturated rings. The highest BCUT2D eigenvalue weighted by molar-refractivity contribution is 7.25. The third-order valence-corrected chi connectivity index (χ3v) is 0.919. The van der Waals surface area contributed by atoms with Gasteiger partial charge in [0.05, 0.1) is 0 Å². The van der Waals surface area contributed by atoms with Crippen LogP contribution in [0.3, 0.4) is 0 Å². The Hall–Kier alpha value is 0.100. The molecule has 0 N–H and O–H groups in total.